The molecule has 0 unspecified atom stereocenters. The van der Waals surface area contributed by atoms with Gasteiger partial charge in [-0.15, -0.1) is 0 Å². The van der Waals surface area contributed by atoms with Gasteiger partial charge in [0, 0.05) is 6.04 Å². The third kappa shape index (κ3) is 2.33. The van der Waals surface area contributed by atoms with Gasteiger partial charge in [0.15, 0.2) is 0 Å². The van der Waals surface area contributed by atoms with E-state index in [-0.39, 0.29) is 6.04 Å². The number of hydrogen-bond donors (Lipinski definition) is 1. The average Bonchev–Trinajstić information content (AvgIpc) is 2.42. The van der Waals surface area contributed by atoms with Crippen LogP contribution in [0.3, 0.4) is 0 Å². The van der Waals surface area contributed by atoms with Crippen molar-refractivity contribution < 1.29 is 8.42 Å². The van der Waals surface area contributed by atoms with Crippen LogP contribution < -0.4 is 4.72 Å². The highest BCUT2D eigenvalue weighted by atomic mass is 32.2. The van der Waals surface area contributed by atoms with E-state index < -0.39 is 10.0 Å². The molecule has 0 amide bonds. The molecule has 0 saturated heterocycles. The van der Waals surface area contributed by atoms with Crippen LogP contribution in [0.4, 0.5) is 0 Å². The fourth-order valence-electron chi connectivity index (χ4n) is 5.22. The van der Waals surface area contributed by atoms with E-state index in [4.69, 9.17) is 0 Å². The maximum Gasteiger partial charge on any atom is 0.241 e. The maximum absolute atomic E-state index is 12.7. The summed E-state index contributed by atoms with van der Waals surface area (Å²) in [7, 11) is -3.39. The van der Waals surface area contributed by atoms with E-state index >= 15 is 0 Å². The van der Waals surface area contributed by atoms with E-state index in [1.165, 1.54) is 32.1 Å². The summed E-state index contributed by atoms with van der Waals surface area (Å²) in [6.07, 6.45) is 6.31. The molecule has 4 saturated carbocycles. The SMILES string of the molecule is Cc1ccccc1S(=O)(=O)NC1C2CC3CC(C2)CC1C3. The molecule has 4 aliphatic rings. The summed E-state index contributed by atoms with van der Waals surface area (Å²) in [5, 5.41) is 0. The molecule has 1 aromatic rings. The van der Waals surface area contributed by atoms with Gasteiger partial charge in [0.05, 0.1) is 4.90 Å². The normalized spacial score (nSPS) is 37.9. The van der Waals surface area contributed by atoms with Crippen molar-refractivity contribution in [2.75, 3.05) is 0 Å². The first-order valence-corrected chi connectivity index (χ1v) is 9.59. The van der Waals surface area contributed by atoms with E-state index in [1.54, 1.807) is 12.1 Å². The van der Waals surface area contributed by atoms with E-state index in [2.05, 4.69) is 4.72 Å². The van der Waals surface area contributed by atoms with Crippen molar-refractivity contribution in [3.63, 3.8) is 0 Å². The molecule has 0 aliphatic heterocycles. The van der Waals surface area contributed by atoms with Gasteiger partial charge in [-0.1, -0.05) is 18.2 Å². The van der Waals surface area contributed by atoms with Gasteiger partial charge in [-0.25, -0.2) is 13.1 Å². The molecule has 4 bridgehead atoms. The molecule has 114 valence electrons. The molecule has 1 aromatic carbocycles. The Morgan fingerprint density at radius 1 is 0.952 bits per heavy atom. The van der Waals surface area contributed by atoms with Gasteiger partial charge in [-0.05, 0) is 74.3 Å². The molecular formula is C17H23NO2S. The topological polar surface area (TPSA) is 46.2 Å². The lowest BCUT2D eigenvalue weighted by molar-refractivity contribution is -0.00558. The molecule has 4 fully saturated rings. The molecule has 5 rings (SSSR count). The Kier molecular flexibility index (Phi) is 3.16. The molecule has 0 spiro atoms. The van der Waals surface area contributed by atoms with Crippen LogP contribution in [0.25, 0.3) is 0 Å². The van der Waals surface area contributed by atoms with Crippen LogP contribution in [-0.4, -0.2) is 14.5 Å². The number of nitrogens with one attached hydrogen (secondary N) is 1. The number of hydrogen-bond acceptors (Lipinski definition) is 2. The molecule has 0 atom stereocenters. The third-order valence-electron chi connectivity index (χ3n) is 5.90. The Bertz CT molecular complexity index is 625. The van der Waals surface area contributed by atoms with Crippen molar-refractivity contribution in [1.29, 1.82) is 0 Å². The number of rotatable bonds is 3. The standard InChI is InChI=1S/C17H23NO2S/c1-11-4-2-3-5-16(11)21(19,20)18-17-14-7-12-6-13(9-14)10-15(17)8-12/h2-5,12-15,17-18H,6-10H2,1H3. The molecule has 1 N–H and O–H groups in total. The molecule has 4 aliphatic carbocycles. The quantitative estimate of drug-likeness (QED) is 0.932. The first-order valence-electron chi connectivity index (χ1n) is 8.11. The minimum atomic E-state index is -3.39. The first-order chi connectivity index (χ1) is 10.0. The van der Waals surface area contributed by atoms with Crippen LogP contribution in [0, 0.1) is 30.6 Å². The van der Waals surface area contributed by atoms with Crippen molar-refractivity contribution in [2.24, 2.45) is 23.7 Å². The highest BCUT2D eigenvalue weighted by Crippen LogP contribution is 2.53. The van der Waals surface area contributed by atoms with Crippen LogP contribution in [0.1, 0.15) is 37.7 Å². The summed E-state index contributed by atoms with van der Waals surface area (Å²) in [5.74, 6) is 2.87. The molecule has 21 heavy (non-hydrogen) atoms. The van der Waals surface area contributed by atoms with Crippen molar-refractivity contribution >= 4 is 10.0 Å². The van der Waals surface area contributed by atoms with E-state index in [0.29, 0.717) is 16.7 Å². The Morgan fingerprint density at radius 3 is 2.10 bits per heavy atom. The van der Waals surface area contributed by atoms with E-state index in [1.807, 2.05) is 19.1 Å². The lowest BCUT2D eigenvalue weighted by Crippen LogP contribution is -2.55. The summed E-state index contributed by atoms with van der Waals surface area (Å²) >= 11 is 0. The summed E-state index contributed by atoms with van der Waals surface area (Å²) in [4.78, 5) is 0.443. The molecule has 0 heterocycles. The van der Waals surface area contributed by atoms with E-state index in [9.17, 15) is 8.42 Å². The van der Waals surface area contributed by atoms with Gasteiger partial charge >= 0.3 is 0 Å². The highest BCUT2D eigenvalue weighted by Gasteiger charge is 2.49. The molecule has 0 radical (unpaired) electrons. The second-order valence-electron chi connectivity index (χ2n) is 7.34. The predicted molar refractivity (Wildman–Crippen MR) is 82.3 cm³/mol. The van der Waals surface area contributed by atoms with Gasteiger partial charge in [-0.2, -0.15) is 0 Å². The van der Waals surface area contributed by atoms with Crippen LogP contribution in [0.2, 0.25) is 0 Å². The Labute approximate surface area is 127 Å². The fraction of sp³-hybridized carbons (Fsp3) is 0.647. The smallest absolute Gasteiger partial charge is 0.208 e. The second-order valence-corrected chi connectivity index (χ2v) is 9.03. The number of sulfonamides is 1. The third-order valence-corrected chi connectivity index (χ3v) is 7.52. The van der Waals surface area contributed by atoms with Gasteiger partial charge in [0.1, 0.15) is 0 Å². The maximum atomic E-state index is 12.7. The zero-order chi connectivity index (χ0) is 14.6. The number of aryl methyl sites for hydroxylation is 1. The van der Waals surface area contributed by atoms with Crippen molar-refractivity contribution in [2.45, 2.75) is 50.0 Å². The monoisotopic (exact) mass is 305 g/mol. The predicted octanol–water partition coefficient (Wildman–Crippen LogP) is 3.10. The van der Waals surface area contributed by atoms with Crippen LogP contribution in [0.5, 0.6) is 0 Å². The summed E-state index contributed by atoms with van der Waals surface area (Å²) in [6.45, 7) is 1.87. The zero-order valence-corrected chi connectivity index (χ0v) is 13.3. The van der Waals surface area contributed by atoms with Gasteiger partial charge in [0.25, 0.3) is 0 Å². The van der Waals surface area contributed by atoms with Crippen LogP contribution in [0.15, 0.2) is 29.2 Å². The Hall–Kier alpha value is -0.870. The Morgan fingerprint density at radius 2 is 1.52 bits per heavy atom. The van der Waals surface area contributed by atoms with Crippen molar-refractivity contribution in [3.8, 4) is 0 Å². The minimum absolute atomic E-state index is 0.169. The van der Waals surface area contributed by atoms with E-state index in [0.717, 1.165) is 17.4 Å². The van der Waals surface area contributed by atoms with Crippen molar-refractivity contribution in [3.05, 3.63) is 29.8 Å². The molecule has 0 aromatic heterocycles. The van der Waals surface area contributed by atoms with Crippen LogP contribution in [-0.2, 0) is 10.0 Å². The fourth-order valence-corrected chi connectivity index (χ4v) is 6.84. The second kappa shape index (κ2) is 4.82. The molecule has 3 nitrogen and oxygen atoms in total. The average molecular weight is 305 g/mol. The molecular weight excluding hydrogens is 282 g/mol. The lowest BCUT2D eigenvalue weighted by atomic mass is 9.54. The van der Waals surface area contributed by atoms with Gasteiger partial charge in [-0.3, -0.25) is 0 Å². The minimum Gasteiger partial charge on any atom is -0.208 e. The summed E-state index contributed by atoms with van der Waals surface area (Å²) in [5.41, 5.74) is 0.828. The summed E-state index contributed by atoms with van der Waals surface area (Å²) < 4.78 is 28.5. The van der Waals surface area contributed by atoms with Gasteiger partial charge in [0.2, 0.25) is 10.0 Å². The lowest BCUT2D eigenvalue weighted by Gasteiger charge is -2.54. The first kappa shape index (κ1) is 13.8. The van der Waals surface area contributed by atoms with Gasteiger partial charge < -0.3 is 0 Å². The largest absolute Gasteiger partial charge is 0.241 e. The van der Waals surface area contributed by atoms with Crippen LogP contribution >= 0.6 is 0 Å². The molecule has 4 heteroatoms. The summed E-state index contributed by atoms with van der Waals surface area (Å²) in [6, 6.07) is 7.44. The number of benzene rings is 1. The Balaban J connectivity index is 1.60. The highest BCUT2D eigenvalue weighted by molar-refractivity contribution is 7.89. The zero-order valence-electron chi connectivity index (χ0n) is 12.5. The van der Waals surface area contributed by atoms with Crippen molar-refractivity contribution in [1.82, 2.24) is 4.72 Å².